The first-order chi connectivity index (χ1) is 9.96. The standard InChI is InChI=1S/C16H19N5/c1-10-5-12-6-15(19-16(12)7-14(10)20-18)11(2)13(8-17)9-21(3)4/h5-7,9,19-20H,2,18H2,1,3-4H3/b13-9+. The Bertz CT molecular complexity index is 759. The van der Waals surface area contributed by atoms with Crippen LogP contribution in [0.2, 0.25) is 0 Å². The van der Waals surface area contributed by atoms with Gasteiger partial charge in [0.1, 0.15) is 6.07 Å². The molecule has 2 rings (SSSR count). The number of nitrogen functional groups attached to an aromatic ring is 1. The first-order valence-corrected chi connectivity index (χ1v) is 6.54. The quantitative estimate of drug-likeness (QED) is 0.348. The number of aromatic amines is 1. The SMILES string of the molecule is C=C(/C(C#N)=C/N(C)C)c1cc2cc(C)c(NN)cc2[nH]1. The highest BCUT2D eigenvalue weighted by Gasteiger charge is 2.10. The van der Waals surface area contributed by atoms with Crippen molar-refractivity contribution in [3.05, 3.63) is 47.8 Å². The number of allylic oxidation sites excluding steroid dienone is 2. The maximum Gasteiger partial charge on any atom is 0.101 e. The van der Waals surface area contributed by atoms with E-state index in [9.17, 15) is 5.26 Å². The Kier molecular flexibility index (Phi) is 4.01. The highest BCUT2D eigenvalue weighted by atomic mass is 15.2. The van der Waals surface area contributed by atoms with Gasteiger partial charge in [-0.1, -0.05) is 6.58 Å². The Morgan fingerprint density at radius 2 is 2.14 bits per heavy atom. The van der Waals surface area contributed by atoms with Crippen LogP contribution in [0, 0.1) is 18.3 Å². The van der Waals surface area contributed by atoms with E-state index in [1.54, 1.807) is 6.20 Å². The van der Waals surface area contributed by atoms with Crippen molar-refractivity contribution in [2.75, 3.05) is 19.5 Å². The Balaban J connectivity index is 2.48. The molecule has 0 saturated heterocycles. The lowest BCUT2D eigenvalue weighted by Crippen LogP contribution is -2.07. The summed E-state index contributed by atoms with van der Waals surface area (Å²) in [5.74, 6) is 5.49. The lowest BCUT2D eigenvalue weighted by molar-refractivity contribution is 0.562. The minimum absolute atomic E-state index is 0.528. The molecule has 108 valence electrons. The van der Waals surface area contributed by atoms with Crippen LogP contribution in [-0.4, -0.2) is 24.0 Å². The van der Waals surface area contributed by atoms with Crippen molar-refractivity contribution >= 4 is 22.2 Å². The van der Waals surface area contributed by atoms with Crippen LogP contribution in [0.15, 0.2) is 36.6 Å². The smallest absolute Gasteiger partial charge is 0.101 e. The van der Waals surface area contributed by atoms with E-state index in [0.29, 0.717) is 11.1 Å². The van der Waals surface area contributed by atoms with E-state index in [0.717, 1.165) is 27.8 Å². The Morgan fingerprint density at radius 1 is 1.43 bits per heavy atom. The van der Waals surface area contributed by atoms with Gasteiger partial charge in [-0.3, -0.25) is 5.84 Å². The molecule has 1 heterocycles. The van der Waals surface area contributed by atoms with E-state index in [1.807, 2.05) is 44.1 Å². The third kappa shape index (κ3) is 2.91. The van der Waals surface area contributed by atoms with E-state index in [-0.39, 0.29) is 0 Å². The van der Waals surface area contributed by atoms with Gasteiger partial charge in [-0.15, -0.1) is 0 Å². The van der Waals surface area contributed by atoms with E-state index >= 15 is 0 Å². The number of nitriles is 1. The molecule has 0 amide bonds. The molecule has 0 aliphatic carbocycles. The fourth-order valence-corrected chi connectivity index (χ4v) is 2.19. The van der Waals surface area contributed by atoms with Gasteiger partial charge >= 0.3 is 0 Å². The molecule has 1 aromatic heterocycles. The van der Waals surface area contributed by atoms with Crippen LogP contribution in [0.1, 0.15) is 11.3 Å². The van der Waals surface area contributed by atoms with Crippen LogP contribution in [-0.2, 0) is 0 Å². The maximum atomic E-state index is 9.26. The number of hydrogen-bond acceptors (Lipinski definition) is 4. The number of nitrogens with zero attached hydrogens (tertiary/aromatic N) is 2. The van der Waals surface area contributed by atoms with Crippen LogP contribution in [0.4, 0.5) is 5.69 Å². The zero-order chi connectivity index (χ0) is 15.6. The van der Waals surface area contributed by atoms with Crippen molar-refractivity contribution in [3.8, 4) is 6.07 Å². The van der Waals surface area contributed by atoms with Gasteiger partial charge in [0, 0.05) is 42.5 Å². The molecule has 0 saturated carbocycles. The molecule has 0 aliphatic heterocycles. The highest BCUT2D eigenvalue weighted by Crippen LogP contribution is 2.28. The van der Waals surface area contributed by atoms with E-state index < -0.39 is 0 Å². The van der Waals surface area contributed by atoms with Gasteiger partial charge in [0.05, 0.1) is 11.3 Å². The highest BCUT2D eigenvalue weighted by molar-refractivity contribution is 5.91. The lowest BCUT2D eigenvalue weighted by Gasteiger charge is -2.07. The fourth-order valence-electron chi connectivity index (χ4n) is 2.19. The summed E-state index contributed by atoms with van der Waals surface area (Å²) >= 11 is 0. The summed E-state index contributed by atoms with van der Waals surface area (Å²) < 4.78 is 0. The summed E-state index contributed by atoms with van der Waals surface area (Å²) in [4.78, 5) is 5.11. The Morgan fingerprint density at radius 3 is 2.71 bits per heavy atom. The molecule has 0 fully saturated rings. The number of benzene rings is 1. The number of hydrazine groups is 1. The molecular formula is C16H19N5. The molecule has 21 heavy (non-hydrogen) atoms. The Labute approximate surface area is 124 Å². The third-order valence-corrected chi connectivity index (χ3v) is 3.28. The summed E-state index contributed by atoms with van der Waals surface area (Å²) in [6.07, 6.45) is 1.76. The number of aryl methyl sites for hydroxylation is 1. The number of hydrogen-bond donors (Lipinski definition) is 3. The topological polar surface area (TPSA) is 80.9 Å². The van der Waals surface area contributed by atoms with Crippen LogP contribution in [0.3, 0.4) is 0 Å². The zero-order valence-corrected chi connectivity index (χ0v) is 12.5. The van der Waals surface area contributed by atoms with Crippen molar-refractivity contribution in [1.29, 1.82) is 5.26 Å². The number of fused-ring (bicyclic) bond motifs is 1. The number of nitrogens with two attached hydrogens (primary N) is 1. The first kappa shape index (κ1) is 14.7. The van der Waals surface area contributed by atoms with Crippen LogP contribution >= 0.6 is 0 Å². The molecule has 0 atom stereocenters. The summed E-state index contributed by atoms with van der Waals surface area (Å²) in [6.45, 7) is 6.01. The second-order valence-electron chi connectivity index (χ2n) is 5.18. The van der Waals surface area contributed by atoms with Gasteiger partial charge in [-0.25, -0.2) is 0 Å². The second kappa shape index (κ2) is 5.73. The third-order valence-electron chi connectivity index (χ3n) is 3.28. The van der Waals surface area contributed by atoms with Crippen molar-refractivity contribution < 1.29 is 0 Å². The minimum Gasteiger partial charge on any atom is -0.382 e. The lowest BCUT2D eigenvalue weighted by atomic mass is 10.1. The number of anilines is 1. The summed E-state index contributed by atoms with van der Waals surface area (Å²) in [5.41, 5.74) is 7.58. The molecular weight excluding hydrogens is 262 g/mol. The van der Waals surface area contributed by atoms with Gasteiger partial charge in [-0.05, 0) is 30.7 Å². The number of H-pyrrole nitrogens is 1. The monoisotopic (exact) mass is 281 g/mol. The number of nitrogens with one attached hydrogen (secondary N) is 2. The van der Waals surface area contributed by atoms with Gasteiger partial charge in [-0.2, -0.15) is 5.26 Å². The molecule has 4 N–H and O–H groups in total. The average molecular weight is 281 g/mol. The maximum absolute atomic E-state index is 9.26. The molecule has 5 heteroatoms. The molecule has 1 aromatic carbocycles. The first-order valence-electron chi connectivity index (χ1n) is 6.54. The average Bonchev–Trinajstić information content (AvgIpc) is 2.85. The van der Waals surface area contributed by atoms with E-state index in [4.69, 9.17) is 5.84 Å². The van der Waals surface area contributed by atoms with E-state index in [2.05, 4.69) is 23.1 Å². The predicted molar refractivity (Wildman–Crippen MR) is 87.3 cm³/mol. The molecule has 2 aromatic rings. The molecule has 5 nitrogen and oxygen atoms in total. The van der Waals surface area contributed by atoms with Crippen LogP contribution in [0.25, 0.3) is 16.5 Å². The molecule has 0 radical (unpaired) electrons. The number of aromatic nitrogens is 1. The number of rotatable bonds is 4. The summed E-state index contributed by atoms with van der Waals surface area (Å²) in [5, 5.41) is 10.3. The summed E-state index contributed by atoms with van der Waals surface area (Å²) in [7, 11) is 3.75. The van der Waals surface area contributed by atoms with Gasteiger partial charge in [0.25, 0.3) is 0 Å². The largest absolute Gasteiger partial charge is 0.382 e. The zero-order valence-electron chi connectivity index (χ0n) is 12.5. The van der Waals surface area contributed by atoms with E-state index in [1.165, 1.54) is 0 Å². The van der Waals surface area contributed by atoms with Gasteiger partial charge < -0.3 is 15.3 Å². The van der Waals surface area contributed by atoms with Crippen molar-refractivity contribution in [1.82, 2.24) is 9.88 Å². The van der Waals surface area contributed by atoms with Gasteiger partial charge in [0.2, 0.25) is 0 Å². The van der Waals surface area contributed by atoms with Crippen molar-refractivity contribution in [3.63, 3.8) is 0 Å². The normalized spacial score (nSPS) is 11.3. The molecule has 0 bridgehead atoms. The van der Waals surface area contributed by atoms with Crippen LogP contribution < -0.4 is 11.3 Å². The summed E-state index contributed by atoms with van der Waals surface area (Å²) in [6, 6.07) is 8.16. The molecule has 0 spiro atoms. The van der Waals surface area contributed by atoms with Crippen molar-refractivity contribution in [2.45, 2.75) is 6.92 Å². The molecule has 0 aliphatic rings. The fraction of sp³-hybridized carbons (Fsp3) is 0.188. The molecule has 0 unspecified atom stereocenters. The van der Waals surface area contributed by atoms with Gasteiger partial charge in [0.15, 0.2) is 0 Å². The van der Waals surface area contributed by atoms with Crippen molar-refractivity contribution in [2.24, 2.45) is 5.84 Å². The Hall–Kier alpha value is -2.71. The second-order valence-corrected chi connectivity index (χ2v) is 5.18. The van der Waals surface area contributed by atoms with Crippen LogP contribution in [0.5, 0.6) is 0 Å². The predicted octanol–water partition coefficient (Wildman–Crippen LogP) is 2.74. The minimum atomic E-state index is 0.528.